The normalized spacial score (nSPS) is 18.5. The van der Waals surface area contributed by atoms with Gasteiger partial charge in [-0.2, -0.15) is 0 Å². The van der Waals surface area contributed by atoms with Crippen LogP contribution >= 0.6 is 35.0 Å². The third-order valence-corrected chi connectivity index (χ3v) is 8.33. The Balaban J connectivity index is 1.60. The maximum Gasteiger partial charge on any atom is 0.257 e. The summed E-state index contributed by atoms with van der Waals surface area (Å²) in [7, 11) is 0. The van der Waals surface area contributed by atoms with Gasteiger partial charge in [0.05, 0.1) is 5.56 Å². The first-order chi connectivity index (χ1) is 17.0. The van der Waals surface area contributed by atoms with Gasteiger partial charge in [-0.05, 0) is 54.5 Å². The molecule has 0 saturated carbocycles. The van der Waals surface area contributed by atoms with Gasteiger partial charge in [-0.15, -0.1) is 0 Å². The molecule has 2 aliphatic rings. The Morgan fingerprint density at radius 1 is 1.08 bits per heavy atom. The number of thioether (sulfide) groups is 1. The first kappa shape index (κ1) is 25.1. The van der Waals surface area contributed by atoms with Gasteiger partial charge in [0.1, 0.15) is 5.82 Å². The lowest BCUT2D eigenvalue weighted by Crippen LogP contribution is -2.37. The SMILES string of the molecule is Cc1ccc(C)c(CSc2nc3c(c(=O)[nH]2)[C@@H](c2ccc(Cl)cc2Cl)C2=C(CC(C)(C)CC2=O)N3)c1. The van der Waals surface area contributed by atoms with E-state index in [1.54, 1.807) is 18.2 Å². The molecule has 2 aromatic carbocycles. The van der Waals surface area contributed by atoms with Crippen LogP contribution in [0.5, 0.6) is 0 Å². The average molecular weight is 541 g/mol. The van der Waals surface area contributed by atoms with Crippen molar-refractivity contribution >= 4 is 46.6 Å². The lowest BCUT2D eigenvalue weighted by Gasteiger charge is -2.38. The maximum absolute atomic E-state index is 13.5. The zero-order valence-corrected chi connectivity index (χ0v) is 22.9. The molecule has 186 valence electrons. The number of H-pyrrole nitrogens is 1. The van der Waals surface area contributed by atoms with Gasteiger partial charge in [0, 0.05) is 39.4 Å². The summed E-state index contributed by atoms with van der Waals surface area (Å²) in [5.74, 6) is 0.561. The smallest absolute Gasteiger partial charge is 0.257 e. The number of ketones is 1. The first-order valence-electron chi connectivity index (χ1n) is 11.8. The van der Waals surface area contributed by atoms with Crippen LogP contribution in [0.4, 0.5) is 5.82 Å². The summed E-state index contributed by atoms with van der Waals surface area (Å²) < 4.78 is 0. The van der Waals surface area contributed by atoms with Crippen LogP contribution in [0.1, 0.15) is 60.4 Å². The van der Waals surface area contributed by atoms with Gasteiger partial charge in [0.2, 0.25) is 0 Å². The van der Waals surface area contributed by atoms with Crippen LogP contribution in [-0.2, 0) is 10.5 Å². The summed E-state index contributed by atoms with van der Waals surface area (Å²) in [6.07, 6.45) is 1.08. The second-order valence-corrected chi connectivity index (χ2v) is 12.2. The van der Waals surface area contributed by atoms with E-state index in [-0.39, 0.29) is 16.8 Å². The number of aromatic nitrogens is 2. The topological polar surface area (TPSA) is 74.8 Å². The van der Waals surface area contributed by atoms with Crippen molar-refractivity contribution in [3.8, 4) is 0 Å². The fraction of sp³-hybridized carbons (Fsp3) is 0.321. The highest BCUT2D eigenvalue weighted by atomic mass is 35.5. The number of hydrogen-bond donors (Lipinski definition) is 2. The Hall–Kier alpha value is -2.54. The molecule has 0 spiro atoms. The van der Waals surface area contributed by atoms with E-state index in [0.717, 1.165) is 5.70 Å². The Morgan fingerprint density at radius 2 is 1.86 bits per heavy atom. The standard InChI is InChI=1S/C28H27Cl2N3O2S/c1-14-5-6-15(2)16(9-14)13-36-27-32-25-24(26(35)33-27)22(18-8-7-17(29)10-19(18)30)23-20(31-25)11-28(3,4)12-21(23)34/h5-10,22H,11-13H2,1-4H3,(H2,31,32,33,35)/t22-/m0/s1. The van der Waals surface area contributed by atoms with E-state index < -0.39 is 5.92 Å². The highest BCUT2D eigenvalue weighted by molar-refractivity contribution is 7.98. The molecule has 1 atom stereocenters. The predicted molar refractivity (Wildman–Crippen MR) is 147 cm³/mol. The number of halogens is 2. The summed E-state index contributed by atoms with van der Waals surface area (Å²) in [4.78, 5) is 34.7. The maximum atomic E-state index is 13.5. The zero-order chi connectivity index (χ0) is 25.8. The van der Waals surface area contributed by atoms with Gasteiger partial charge in [-0.3, -0.25) is 9.59 Å². The molecule has 0 fully saturated rings. The van der Waals surface area contributed by atoms with Crippen molar-refractivity contribution in [1.82, 2.24) is 9.97 Å². The molecule has 1 aliphatic heterocycles. The lowest BCUT2D eigenvalue weighted by molar-refractivity contribution is -0.118. The molecule has 2 N–H and O–H groups in total. The van der Waals surface area contributed by atoms with Crippen molar-refractivity contribution in [3.05, 3.63) is 95.9 Å². The second kappa shape index (κ2) is 9.40. The number of benzene rings is 2. The van der Waals surface area contributed by atoms with E-state index in [9.17, 15) is 9.59 Å². The zero-order valence-electron chi connectivity index (χ0n) is 20.6. The van der Waals surface area contributed by atoms with E-state index in [0.29, 0.717) is 56.3 Å². The molecule has 1 aromatic heterocycles. The number of Topliss-reactive ketones (excluding diaryl/α,β-unsaturated/α-hetero) is 1. The van der Waals surface area contributed by atoms with Crippen LogP contribution in [0.25, 0.3) is 0 Å². The fourth-order valence-electron chi connectivity index (χ4n) is 5.11. The van der Waals surface area contributed by atoms with Gasteiger partial charge in [0.25, 0.3) is 5.56 Å². The van der Waals surface area contributed by atoms with E-state index in [4.69, 9.17) is 28.2 Å². The van der Waals surface area contributed by atoms with Gasteiger partial charge >= 0.3 is 0 Å². The molecule has 0 unspecified atom stereocenters. The largest absolute Gasteiger partial charge is 0.343 e. The van der Waals surface area contributed by atoms with Crippen LogP contribution in [0.3, 0.4) is 0 Å². The Morgan fingerprint density at radius 3 is 2.61 bits per heavy atom. The number of allylic oxidation sites excluding steroid dienone is 2. The fourth-order valence-corrected chi connectivity index (χ4v) is 6.55. The minimum absolute atomic E-state index is 0.0168. The molecule has 5 rings (SSSR count). The van der Waals surface area contributed by atoms with Gasteiger partial charge in [0.15, 0.2) is 10.9 Å². The number of nitrogens with one attached hydrogen (secondary N) is 2. The highest BCUT2D eigenvalue weighted by Gasteiger charge is 2.43. The molecule has 0 radical (unpaired) electrons. The number of aromatic amines is 1. The van der Waals surface area contributed by atoms with E-state index >= 15 is 0 Å². The number of anilines is 1. The first-order valence-corrected chi connectivity index (χ1v) is 13.6. The minimum Gasteiger partial charge on any atom is -0.343 e. The minimum atomic E-state index is -0.612. The van der Waals surface area contributed by atoms with Crippen LogP contribution in [0.2, 0.25) is 10.0 Å². The van der Waals surface area contributed by atoms with Crippen LogP contribution in [-0.4, -0.2) is 15.8 Å². The number of rotatable bonds is 4. The second-order valence-electron chi connectivity index (χ2n) is 10.4. The number of nitrogens with zero attached hydrogens (tertiary/aromatic N) is 1. The Bertz CT molecular complexity index is 1490. The number of carbonyl (C=O) groups is 1. The molecular formula is C28H27Cl2N3O2S. The summed E-state index contributed by atoms with van der Waals surface area (Å²) in [6.45, 7) is 8.30. The molecule has 3 aromatic rings. The predicted octanol–water partition coefficient (Wildman–Crippen LogP) is 7.19. The number of fused-ring (bicyclic) bond motifs is 1. The van der Waals surface area contributed by atoms with Crippen LogP contribution < -0.4 is 10.9 Å². The van der Waals surface area contributed by atoms with E-state index in [1.807, 2.05) is 0 Å². The molecule has 2 heterocycles. The Labute approximate surface area is 224 Å². The Kier molecular flexibility index (Phi) is 6.56. The van der Waals surface area contributed by atoms with Crippen molar-refractivity contribution in [3.63, 3.8) is 0 Å². The molecule has 0 amide bonds. The van der Waals surface area contributed by atoms with E-state index in [2.05, 4.69) is 56.2 Å². The summed E-state index contributed by atoms with van der Waals surface area (Å²) in [5, 5.41) is 4.80. The molecule has 1 aliphatic carbocycles. The molecule has 0 saturated heterocycles. The van der Waals surface area contributed by atoms with Crippen molar-refractivity contribution in [2.24, 2.45) is 5.41 Å². The summed E-state index contributed by atoms with van der Waals surface area (Å²) in [6, 6.07) is 11.5. The average Bonchev–Trinajstić information content (AvgIpc) is 2.77. The monoisotopic (exact) mass is 539 g/mol. The van der Waals surface area contributed by atoms with Crippen molar-refractivity contribution < 1.29 is 4.79 Å². The third kappa shape index (κ3) is 4.74. The van der Waals surface area contributed by atoms with Crippen LogP contribution in [0, 0.1) is 19.3 Å². The number of aryl methyl sites for hydroxylation is 2. The van der Waals surface area contributed by atoms with Gasteiger partial charge in [-0.1, -0.05) is 78.6 Å². The van der Waals surface area contributed by atoms with E-state index in [1.165, 1.54) is 28.5 Å². The number of carbonyl (C=O) groups excluding carboxylic acids is 1. The summed E-state index contributed by atoms with van der Waals surface area (Å²) >= 11 is 14.3. The van der Waals surface area contributed by atoms with Crippen molar-refractivity contribution in [2.45, 2.75) is 57.4 Å². The molecule has 8 heteroatoms. The van der Waals surface area contributed by atoms with Crippen molar-refractivity contribution in [2.75, 3.05) is 5.32 Å². The molecule has 5 nitrogen and oxygen atoms in total. The van der Waals surface area contributed by atoms with Crippen molar-refractivity contribution in [1.29, 1.82) is 0 Å². The van der Waals surface area contributed by atoms with Gasteiger partial charge < -0.3 is 10.3 Å². The lowest BCUT2D eigenvalue weighted by atomic mass is 9.69. The third-order valence-electron chi connectivity index (χ3n) is 6.84. The van der Waals surface area contributed by atoms with Gasteiger partial charge in [-0.25, -0.2) is 4.98 Å². The van der Waals surface area contributed by atoms with Crippen LogP contribution in [0.15, 0.2) is 57.6 Å². The molecule has 0 bridgehead atoms. The molecular weight excluding hydrogens is 513 g/mol. The molecule has 36 heavy (non-hydrogen) atoms. The highest BCUT2D eigenvalue weighted by Crippen LogP contribution is 2.49. The number of hydrogen-bond acceptors (Lipinski definition) is 5. The quantitative estimate of drug-likeness (QED) is 0.271. The summed E-state index contributed by atoms with van der Waals surface area (Å²) in [5.41, 5.74) is 5.58.